The van der Waals surface area contributed by atoms with E-state index in [-0.39, 0.29) is 11.9 Å². The van der Waals surface area contributed by atoms with Gasteiger partial charge in [-0.3, -0.25) is 14.6 Å². The molecule has 0 radical (unpaired) electrons. The molecule has 22 heavy (non-hydrogen) atoms. The summed E-state index contributed by atoms with van der Waals surface area (Å²) >= 11 is 0. The fourth-order valence-corrected chi connectivity index (χ4v) is 2.80. The Kier molecular flexibility index (Phi) is 6.40. The van der Waals surface area contributed by atoms with Crippen molar-refractivity contribution in [2.75, 3.05) is 32.7 Å². The van der Waals surface area contributed by atoms with Gasteiger partial charge in [-0.15, -0.1) is 0 Å². The molecule has 0 aliphatic carbocycles. The summed E-state index contributed by atoms with van der Waals surface area (Å²) in [6.07, 6.45) is 0.982. The molecular weight excluding hydrogens is 274 g/mol. The number of carbonyl (C=O) groups is 1. The fraction of sp³-hybridized carbons (Fsp3) is 0.611. The van der Waals surface area contributed by atoms with E-state index < -0.39 is 0 Å². The summed E-state index contributed by atoms with van der Waals surface area (Å²) in [4.78, 5) is 16.6. The molecule has 0 bridgehead atoms. The summed E-state index contributed by atoms with van der Waals surface area (Å²) in [5.41, 5.74) is 2.70. The van der Waals surface area contributed by atoms with Crippen molar-refractivity contribution in [1.29, 1.82) is 0 Å². The minimum atomic E-state index is 0.154. The van der Waals surface area contributed by atoms with Gasteiger partial charge in [0.25, 0.3) is 0 Å². The van der Waals surface area contributed by atoms with Gasteiger partial charge >= 0.3 is 0 Å². The standard InChI is InChI=1S/C18H29N3O/c1-4-16(3)19-18(22)14-21-10-8-20(9-11-21)13-17-7-5-6-15(2)12-17/h5-7,12,16H,4,8-11,13-14H2,1-3H3,(H,19,22)/t16-/m0/s1. The van der Waals surface area contributed by atoms with Gasteiger partial charge in [-0.25, -0.2) is 0 Å². The van der Waals surface area contributed by atoms with Crippen LogP contribution in [0.2, 0.25) is 0 Å². The van der Waals surface area contributed by atoms with Crippen LogP contribution in [0.1, 0.15) is 31.4 Å². The number of hydrogen-bond donors (Lipinski definition) is 1. The lowest BCUT2D eigenvalue weighted by Crippen LogP contribution is -2.49. The van der Waals surface area contributed by atoms with Gasteiger partial charge in [0.2, 0.25) is 5.91 Å². The maximum atomic E-state index is 11.9. The van der Waals surface area contributed by atoms with Crippen LogP contribution in [0.15, 0.2) is 24.3 Å². The number of rotatable bonds is 6. The average Bonchev–Trinajstić information content (AvgIpc) is 2.49. The van der Waals surface area contributed by atoms with E-state index in [1.165, 1.54) is 11.1 Å². The van der Waals surface area contributed by atoms with Crippen molar-refractivity contribution in [3.63, 3.8) is 0 Å². The van der Waals surface area contributed by atoms with E-state index in [0.717, 1.165) is 39.1 Å². The first-order valence-corrected chi connectivity index (χ1v) is 8.36. The minimum Gasteiger partial charge on any atom is -0.353 e. The Balaban J connectivity index is 1.72. The molecule has 0 aromatic heterocycles. The summed E-state index contributed by atoms with van der Waals surface area (Å²) in [6.45, 7) is 11.8. The molecule has 4 nitrogen and oxygen atoms in total. The number of amides is 1. The van der Waals surface area contributed by atoms with Crippen LogP contribution in [-0.4, -0.2) is 54.5 Å². The first-order valence-electron chi connectivity index (χ1n) is 8.36. The molecule has 1 fully saturated rings. The zero-order valence-electron chi connectivity index (χ0n) is 14.1. The predicted molar refractivity (Wildman–Crippen MR) is 90.8 cm³/mol. The third-order valence-electron chi connectivity index (χ3n) is 4.34. The average molecular weight is 303 g/mol. The lowest BCUT2D eigenvalue weighted by atomic mass is 10.1. The van der Waals surface area contributed by atoms with E-state index in [4.69, 9.17) is 0 Å². The predicted octanol–water partition coefficient (Wildman–Crippen LogP) is 2.03. The van der Waals surface area contributed by atoms with Crippen LogP contribution in [-0.2, 0) is 11.3 Å². The second kappa shape index (κ2) is 8.30. The Morgan fingerprint density at radius 1 is 1.23 bits per heavy atom. The van der Waals surface area contributed by atoms with E-state index in [1.54, 1.807) is 0 Å². The topological polar surface area (TPSA) is 35.6 Å². The van der Waals surface area contributed by atoms with Crippen LogP contribution >= 0.6 is 0 Å². The Morgan fingerprint density at radius 3 is 2.55 bits per heavy atom. The highest BCUT2D eigenvalue weighted by molar-refractivity contribution is 5.78. The van der Waals surface area contributed by atoms with Gasteiger partial charge < -0.3 is 5.32 Å². The van der Waals surface area contributed by atoms with E-state index in [9.17, 15) is 4.79 Å². The van der Waals surface area contributed by atoms with Crippen molar-refractivity contribution in [2.45, 2.75) is 39.8 Å². The van der Waals surface area contributed by atoms with Crippen LogP contribution in [0.25, 0.3) is 0 Å². The second-order valence-electron chi connectivity index (χ2n) is 6.42. The normalized spacial score (nSPS) is 18.1. The number of carbonyl (C=O) groups excluding carboxylic acids is 1. The number of nitrogens with zero attached hydrogens (tertiary/aromatic N) is 2. The highest BCUT2D eigenvalue weighted by Crippen LogP contribution is 2.10. The largest absolute Gasteiger partial charge is 0.353 e. The Hall–Kier alpha value is -1.39. The molecule has 1 atom stereocenters. The van der Waals surface area contributed by atoms with Crippen molar-refractivity contribution >= 4 is 5.91 Å². The third kappa shape index (κ3) is 5.43. The van der Waals surface area contributed by atoms with Crippen molar-refractivity contribution in [3.05, 3.63) is 35.4 Å². The van der Waals surface area contributed by atoms with Gasteiger partial charge in [0.15, 0.2) is 0 Å². The van der Waals surface area contributed by atoms with E-state index in [0.29, 0.717) is 6.54 Å². The van der Waals surface area contributed by atoms with E-state index in [1.807, 2.05) is 0 Å². The molecule has 0 saturated carbocycles. The van der Waals surface area contributed by atoms with Gasteiger partial charge in [-0.1, -0.05) is 36.8 Å². The van der Waals surface area contributed by atoms with Crippen LogP contribution < -0.4 is 5.32 Å². The zero-order valence-corrected chi connectivity index (χ0v) is 14.1. The highest BCUT2D eigenvalue weighted by Gasteiger charge is 2.19. The molecule has 0 unspecified atom stereocenters. The molecule has 1 aromatic carbocycles. The van der Waals surface area contributed by atoms with Gasteiger partial charge in [0.1, 0.15) is 0 Å². The van der Waals surface area contributed by atoms with Crippen molar-refractivity contribution in [3.8, 4) is 0 Å². The van der Waals surface area contributed by atoms with Gasteiger partial charge in [-0.2, -0.15) is 0 Å². The number of hydrogen-bond acceptors (Lipinski definition) is 3. The van der Waals surface area contributed by atoms with Gasteiger partial charge in [0.05, 0.1) is 6.54 Å². The van der Waals surface area contributed by atoms with Crippen LogP contribution in [0.5, 0.6) is 0 Å². The molecule has 1 N–H and O–H groups in total. The summed E-state index contributed by atoms with van der Waals surface area (Å²) in [6, 6.07) is 8.98. The van der Waals surface area contributed by atoms with Gasteiger partial charge in [-0.05, 0) is 25.8 Å². The number of aryl methyl sites for hydroxylation is 1. The number of nitrogens with one attached hydrogen (secondary N) is 1. The molecule has 1 heterocycles. The number of piperazine rings is 1. The molecule has 2 rings (SSSR count). The first kappa shape index (κ1) is 17.0. The minimum absolute atomic E-state index is 0.154. The maximum absolute atomic E-state index is 11.9. The van der Waals surface area contributed by atoms with Gasteiger partial charge in [0, 0.05) is 38.8 Å². The number of benzene rings is 1. The quantitative estimate of drug-likeness (QED) is 0.873. The summed E-state index contributed by atoms with van der Waals surface area (Å²) < 4.78 is 0. The third-order valence-corrected chi connectivity index (χ3v) is 4.34. The smallest absolute Gasteiger partial charge is 0.234 e. The van der Waals surface area contributed by atoms with Crippen molar-refractivity contribution < 1.29 is 4.79 Å². The Labute approximate surface area is 134 Å². The van der Waals surface area contributed by atoms with Crippen molar-refractivity contribution in [1.82, 2.24) is 15.1 Å². The molecule has 1 aromatic rings. The van der Waals surface area contributed by atoms with E-state index >= 15 is 0 Å². The monoisotopic (exact) mass is 303 g/mol. The van der Waals surface area contributed by atoms with E-state index in [2.05, 4.69) is 60.2 Å². The summed E-state index contributed by atoms with van der Waals surface area (Å²) in [5, 5.41) is 3.04. The molecular formula is C18H29N3O. The maximum Gasteiger partial charge on any atom is 0.234 e. The molecule has 122 valence electrons. The lowest BCUT2D eigenvalue weighted by Gasteiger charge is -2.34. The first-order chi connectivity index (χ1) is 10.6. The molecule has 0 spiro atoms. The summed E-state index contributed by atoms with van der Waals surface area (Å²) in [5.74, 6) is 0.154. The Morgan fingerprint density at radius 2 is 1.91 bits per heavy atom. The van der Waals surface area contributed by atoms with Crippen LogP contribution in [0.3, 0.4) is 0 Å². The molecule has 1 aliphatic rings. The van der Waals surface area contributed by atoms with Crippen LogP contribution in [0.4, 0.5) is 0 Å². The summed E-state index contributed by atoms with van der Waals surface area (Å²) in [7, 11) is 0. The second-order valence-corrected chi connectivity index (χ2v) is 6.42. The van der Waals surface area contributed by atoms with Crippen molar-refractivity contribution in [2.24, 2.45) is 0 Å². The van der Waals surface area contributed by atoms with Crippen LogP contribution in [0, 0.1) is 6.92 Å². The highest BCUT2D eigenvalue weighted by atomic mass is 16.2. The zero-order chi connectivity index (χ0) is 15.9. The lowest BCUT2D eigenvalue weighted by molar-refractivity contribution is -0.123. The fourth-order valence-electron chi connectivity index (χ4n) is 2.80. The molecule has 1 amide bonds. The SMILES string of the molecule is CC[C@H](C)NC(=O)CN1CCN(Cc2cccc(C)c2)CC1. The molecule has 4 heteroatoms. The molecule has 1 aliphatic heterocycles. The molecule has 1 saturated heterocycles. The Bertz CT molecular complexity index is 481.